The van der Waals surface area contributed by atoms with E-state index in [1.165, 1.54) is 7.11 Å². The summed E-state index contributed by atoms with van der Waals surface area (Å²) in [6.45, 7) is 2.23. The topological polar surface area (TPSA) is 75.9 Å². The SMILES string of the molecule is COC(=O)N1CCN(C(=O)CC(N)C2CC2)CC1. The van der Waals surface area contributed by atoms with Gasteiger partial charge in [-0.2, -0.15) is 0 Å². The lowest BCUT2D eigenvalue weighted by Gasteiger charge is -2.34. The molecule has 0 bridgehead atoms. The number of carbonyl (C=O) groups is 2. The van der Waals surface area contributed by atoms with Crippen LogP contribution in [0, 0.1) is 5.92 Å². The first kappa shape index (κ1) is 13.1. The average molecular weight is 255 g/mol. The highest BCUT2D eigenvalue weighted by Crippen LogP contribution is 2.33. The molecule has 6 nitrogen and oxygen atoms in total. The predicted molar refractivity (Wildman–Crippen MR) is 65.9 cm³/mol. The molecule has 1 unspecified atom stereocenters. The molecule has 1 atom stereocenters. The van der Waals surface area contributed by atoms with Gasteiger partial charge in [-0.1, -0.05) is 0 Å². The summed E-state index contributed by atoms with van der Waals surface area (Å²) in [5.74, 6) is 0.657. The van der Waals surface area contributed by atoms with E-state index in [1.807, 2.05) is 0 Å². The van der Waals surface area contributed by atoms with Gasteiger partial charge in [0.25, 0.3) is 0 Å². The minimum atomic E-state index is -0.322. The zero-order chi connectivity index (χ0) is 13.1. The van der Waals surface area contributed by atoms with E-state index < -0.39 is 0 Å². The Hall–Kier alpha value is -1.30. The standard InChI is InChI=1S/C12H21N3O3/c1-18-12(17)15-6-4-14(5-7-15)11(16)8-10(13)9-2-3-9/h9-10H,2-8,13H2,1H3. The number of carbonyl (C=O) groups excluding carboxylic acids is 2. The van der Waals surface area contributed by atoms with Gasteiger partial charge in [0, 0.05) is 38.6 Å². The van der Waals surface area contributed by atoms with Crippen LogP contribution in [0.3, 0.4) is 0 Å². The Labute approximate surface area is 107 Å². The molecule has 1 heterocycles. The van der Waals surface area contributed by atoms with Gasteiger partial charge in [0.15, 0.2) is 0 Å². The first-order valence-corrected chi connectivity index (χ1v) is 6.48. The molecule has 0 aromatic heterocycles. The number of nitrogens with zero attached hydrogens (tertiary/aromatic N) is 2. The summed E-state index contributed by atoms with van der Waals surface area (Å²) >= 11 is 0. The van der Waals surface area contributed by atoms with Gasteiger partial charge < -0.3 is 20.3 Å². The van der Waals surface area contributed by atoms with Crippen molar-refractivity contribution in [3.05, 3.63) is 0 Å². The molecular formula is C12H21N3O3. The fourth-order valence-corrected chi connectivity index (χ4v) is 2.29. The Morgan fingerprint density at radius 1 is 1.22 bits per heavy atom. The maximum atomic E-state index is 12.0. The van der Waals surface area contributed by atoms with Crippen LogP contribution in [0.5, 0.6) is 0 Å². The molecule has 1 aliphatic carbocycles. The molecule has 0 aromatic carbocycles. The quantitative estimate of drug-likeness (QED) is 0.771. The lowest BCUT2D eigenvalue weighted by Crippen LogP contribution is -2.51. The van der Waals surface area contributed by atoms with Crippen molar-refractivity contribution in [2.45, 2.75) is 25.3 Å². The number of methoxy groups -OCH3 is 1. The van der Waals surface area contributed by atoms with E-state index in [1.54, 1.807) is 9.80 Å². The van der Waals surface area contributed by atoms with Crippen molar-refractivity contribution in [2.75, 3.05) is 33.3 Å². The highest BCUT2D eigenvalue weighted by atomic mass is 16.5. The Morgan fingerprint density at radius 2 is 1.78 bits per heavy atom. The van der Waals surface area contributed by atoms with E-state index in [-0.39, 0.29) is 18.0 Å². The van der Waals surface area contributed by atoms with Crippen molar-refractivity contribution in [1.82, 2.24) is 9.80 Å². The minimum absolute atomic E-state index is 0.0103. The molecule has 6 heteroatoms. The Balaban J connectivity index is 1.74. The number of piperazine rings is 1. The molecule has 2 rings (SSSR count). The fraction of sp³-hybridized carbons (Fsp3) is 0.833. The van der Waals surface area contributed by atoms with E-state index in [0.717, 1.165) is 12.8 Å². The van der Waals surface area contributed by atoms with Gasteiger partial charge in [-0.3, -0.25) is 4.79 Å². The van der Waals surface area contributed by atoms with Crippen LogP contribution in [0.25, 0.3) is 0 Å². The third-order valence-electron chi connectivity index (χ3n) is 3.70. The molecule has 1 saturated heterocycles. The molecule has 0 radical (unpaired) electrons. The molecular weight excluding hydrogens is 234 g/mol. The number of hydrogen-bond donors (Lipinski definition) is 1. The molecule has 0 aromatic rings. The zero-order valence-corrected chi connectivity index (χ0v) is 10.8. The van der Waals surface area contributed by atoms with Gasteiger partial charge in [0.2, 0.25) is 5.91 Å². The second-order valence-electron chi connectivity index (χ2n) is 5.04. The summed E-state index contributed by atoms with van der Waals surface area (Å²) in [6, 6.07) is 0.0103. The number of hydrogen-bond acceptors (Lipinski definition) is 4. The fourth-order valence-electron chi connectivity index (χ4n) is 2.29. The maximum Gasteiger partial charge on any atom is 0.409 e. The molecule has 0 spiro atoms. The minimum Gasteiger partial charge on any atom is -0.453 e. The van der Waals surface area contributed by atoms with E-state index in [9.17, 15) is 9.59 Å². The van der Waals surface area contributed by atoms with Gasteiger partial charge >= 0.3 is 6.09 Å². The third-order valence-corrected chi connectivity index (χ3v) is 3.70. The van der Waals surface area contributed by atoms with Crippen LogP contribution in [0.2, 0.25) is 0 Å². The Morgan fingerprint density at radius 3 is 2.28 bits per heavy atom. The molecule has 1 saturated carbocycles. The van der Waals surface area contributed by atoms with Crippen molar-refractivity contribution in [2.24, 2.45) is 11.7 Å². The first-order valence-electron chi connectivity index (χ1n) is 6.48. The number of nitrogens with two attached hydrogens (primary N) is 1. The molecule has 2 aliphatic rings. The van der Waals surface area contributed by atoms with Crippen LogP contribution in [-0.4, -0.2) is 61.1 Å². The summed E-state index contributed by atoms with van der Waals surface area (Å²) in [7, 11) is 1.37. The molecule has 102 valence electrons. The average Bonchev–Trinajstić information content (AvgIpc) is 3.22. The summed E-state index contributed by atoms with van der Waals surface area (Å²) in [4.78, 5) is 26.7. The summed E-state index contributed by atoms with van der Waals surface area (Å²) < 4.78 is 4.65. The van der Waals surface area contributed by atoms with Crippen LogP contribution in [0.1, 0.15) is 19.3 Å². The van der Waals surface area contributed by atoms with Crippen LogP contribution in [-0.2, 0) is 9.53 Å². The molecule has 2 N–H and O–H groups in total. The summed E-state index contributed by atoms with van der Waals surface area (Å²) in [6.07, 6.45) is 2.43. The Bertz CT molecular complexity index is 323. The lowest BCUT2D eigenvalue weighted by atomic mass is 10.1. The Kier molecular flexibility index (Phi) is 4.06. The molecule has 2 amide bonds. The first-order chi connectivity index (χ1) is 8.61. The second-order valence-corrected chi connectivity index (χ2v) is 5.04. The van der Waals surface area contributed by atoms with Crippen LogP contribution in [0.4, 0.5) is 4.79 Å². The second kappa shape index (κ2) is 5.56. The van der Waals surface area contributed by atoms with Crippen molar-refractivity contribution < 1.29 is 14.3 Å². The van der Waals surface area contributed by atoms with Gasteiger partial charge in [-0.05, 0) is 18.8 Å². The van der Waals surface area contributed by atoms with E-state index in [4.69, 9.17) is 5.73 Å². The van der Waals surface area contributed by atoms with Gasteiger partial charge in [-0.25, -0.2) is 4.79 Å². The van der Waals surface area contributed by atoms with Gasteiger partial charge in [-0.15, -0.1) is 0 Å². The van der Waals surface area contributed by atoms with E-state index in [0.29, 0.717) is 38.5 Å². The number of ether oxygens (including phenoxy) is 1. The van der Waals surface area contributed by atoms with Crippen molar-refractivity contribution in [3.63, 3.8) is 0 Å². The van der Waals surface area contributed by atoms with E-state index in [2.05, 4.69) is 4.74 Å². The smallest absolute Gasteiger partial charge is 0.409 e. The predicted octanol–water partition coefficient (Wildman–Crippen LogP) is 0.0244. The van der Waals surface area contributed by atoms with E-state index >= 15 is 0 Å². The van der Waals surface area contributed by atoms with Crippen LogP contribution < -0.4 is 5.73 Å². The zero-order valence-electron chi connectivity index (χ0n) is 10.8. The van der Waals surface area contributed by atoms with Crippen LogP contribution in [0.15, 0.2) is 0 Å². The normalized spacial score (nSPS) is 21.7. The van der Waals surface area contributed by atoms with Crippen molar-refractivity contribution in [1.29, 1.82) is 0 Å². The number of amides is 2. The molecule has 2 fully saturated rings. The summed E-state index contributed by atoms with van der Waals surface area (Å²) in [5.41, 5.74) is 5.95. The van der Waals surface area contributed by atoms with Gasteiger partial charge in [0.1, 0.15) is 0 Å². The largest absolute Gasteiger partial charge is 0.453 e. The number of rotatable bonds is 3. The molecule has 18 heavy (non-hydrogen) atoms. The molecule has 1 aliphatic heterocycles. The summed E-state index contributed by atoms with van der Waals surface area (Å²) in [5, 5.41) is 0. The van der Waals surface area contributed by atoms with Gasteiger partial charge in [0.05, 0.1) is 7.11 Å². The van der Waals surface area contributed by atoms with Crippen molar-refractivity contribution >= 4 is 12.0 Å². The third kappa shape index (κ3) is 3.13. The van der Waals surface area contributed by atoms with Crippen LogP contribution >= 0.6 is 0 Å². The highest BCUT2D eigenvalue weighted by molar-refractivity contribution is 5.77. The maximum absolute atomic E-state index is 12.0. The monoisotopic (exact) mass is 255 g/mol. The highest BCUT2D eigenvalue weighted by Gasteiger charge is 2.32. The van der Waals surface area contributed by atoms with Crippen molar-refractivity contribution in [3.8, 4) is 0 Å². The lowest BCUT2D eigenvalue weighted by molar-refractivity contribution is -0.133.